The number of carbonyl (C=O) groups is 1. The molecule has 4 rings (SSSR count). The van der Waals surface area contributed by atoms with Crippen molar-refractivity contribution in [1.29, 1.82) is 0 Å². The summed E-state index contributed by atoms with van der Waals surface area (Å²) in [5.41, 5.74) is 8.88. The van der Waals surface area contributed by atoms with Crippen LogP contribution in [0, 0.1) is 28.6 Å². The molecule has 0 saturated heterocycles. The second-order valence-corrected chi connectivity index (χ2v) is 12.9. The van der Waals surface area contributed by atoms with Crippen LogP contribution in [0.2, 0.25) is 0 Å². The van der Waals surface area contributed by atoms with Crippen LogP contribution in [0.25, 0.3) is 0 Å². The number of hydrogen-bond donors (Lipinski definition) is 1. The monoisotopic (exact) mass is 471 g/mol. The largest absolute Gasteiger partial charge is 0.462 e. The van der Waals surface area contributed by atoms with E-state index in [2.05, 4.69) is 26.8 Å². The first kappa shape index (κ1) is 26.2. The van der Waals surface area contributed by atoms with Gasteiger partial charge in [0.15, 0.2) is 0 Å². The summed E-state index contributed by atoms with van der Waals surface area (Å²) in [6, 6.07) is 0.401. The molecule has 3 nitrogen and oxygen atoms in total. The molecule has 3 saturated carbocycles. The van der Waals surface area contributed by atoms with Crippen LogP contribution >= 0.6 is 0 Å². The Hall–Kier alpha value is -0.830. The Morgan fingerprint density at radius 3 is 2.38 bits per heavy atom. The number of fused-ring (bicyclic) bond motifs is 5. The Morgan fingerprint density at radius 1 is 0.941 bits per heavy atom. The Labute approximate surface area is 210 Å². The maximum absolute atomic E-state index is 12.5. The summed E-state index contributed by atoms with van der Waals surface area (Å²) in [5.74, 6) is 2.46. The highest BCUT2D eigenvalue weighted by Crippen LogP contribution is 2.64. The molecule has 0 aliphatic heterocycles. The summed E-state index contributed by atoms with van der Waals surface area (Å²) in [5, 5.41) is 0. The van der Waals surface area contributed by atoms with Gasteiger partial charge in [-0.1, -0.05) is 83.8 Å². The highest BCUT2D eigenvalue weighted by molar-refractivity contribution is 5.69. The van der Waals surface area contributed by atoms with E-state index >= 15 is 0 Å². The molecule has 4 aliphatic rings. The molecule has 0 aromatic heterocycles. The summed E-state index contributed by atoms with van der Waals surface area (Å²) < 4.78 is 6.00. The summed E-state index contributed by atoms with van der Waals surface area (Å²) >= 11 is 0. The predicted octanol–water partition coefficient (Wildman–Crippen LogP) is 8.11. The van der Waals surface area contributed by atoms with Crippen molar-refractivity contribution in [3.8, 4) is 0 Å². The highest BCUT2D eigenvalue weighted by Gasteiger charge is 2.58. The summed E-state index contributed by atoms with van der Waals surface area (Å²) in [6.45, 7) is 7.29. The molecule has 0 radical (unpaired) electrons. The minimum absolute atomic E-state index is 0.0409. The van der Waals surface area contributed by atoms with Gasteiger partial charge < -0.3 is 10.5 Å². The van der Waals surface area contributed by atoms with Crippen LogP contribution in [-0.2, 0) is 9.53 Å². The molecule has 4 aliphatic carbocycles. The van der Waals surface area contributed by atoms with Crippen LogP contribution in [0.3, 0.4) is 0 Å². The fourth-order valence-electron chi connectivity index (χ4n) is 8.59. The van der Waals surface area contributed by atoms with Gasteiger partial charge in [0.1, 0.15) is 6.10 Å². The van der Waals surface area contributed by atoms with Crippen molar-refractivity contribution in [1.82, 2.24) is 0 Å². The van der Waals surface area contributed by atoms with E-state index < -0.39 is 0 Å². The van der Waals surface area contributed by atoms with Crippen LogP contribution < -0.4 is 5.73 Å². The van der Waals surface area contributed by atoms with E-state index in [1.807, 2.05) is 0 Å². The fraction of sp³-hybridized carbons (Fsp3) is 0.903. The van der Waals surface area contributed by atoms with Gasteiger partial charge in [0.05, 0.1) is 0 Å². The average Bonchev–Trinajstić information content (AvgIpc) is 3.12. The van der Waals surface area contributed by atoms with Crippen LogP contribution in [0.15, 0.2) is 11.6 Å². The van der Waals surface area contributed by atoms with Gasteiger partial charge in [-0.05, 0) is 80.0 Å². The van der Waals surface area contributed by atoms with Gasteiger partial charge in [-0.15, -0.1) is 0 Å². The number of rotatable bonds is 11. The van der Waals surface area contributed by atoms with Crippen LogP contribution in [0.5, 0.6) is 0 Å². The Bertz CT molecular complexity index is 716. The van der Waals surface area contributed by atoms with Gasteiger partial charge in [-0.25, -0.2) is 0 Å². The molecule has 0 aromatic rings. The molecule has 0 amide bonds. The molecular formula is C31H53NO2. The van der Waals surface area contributed by atoms with Crippen molar-refractivity contribution in [2.24, 2.45) is 34.3 Å². The number of unbranched alkanes of at least 4 members (excludes halogenated alkanes) is 8. The number of allylic oxidation sites excluding steroid dienone is 1. The molecule has 194 valence electrons. The van der Waals surface area contributed by atoms with Gasteiger partial charge in [-0.3, -0.25) is 4.79 Å². The average molecular weight is 472 g/mol. The zero-order valence-corrected chi connectivity index (χ0v) is 22.6. The Kier molecular flexibility index (Phi) is 8.86. The molecule has 0 heterocycles. The molecule has 0 aromatic carbocycles. The van der Waals surface area contributed by atoms with Crippen LogP contribution in [0.1, 0.15) is 136 Å². The lowest BCUT2D eigenvalue weighted by Crippen LogP contribution is -2.52. The van der Waals surface area contributed by atoms with Crippen molar-refractivity contribution < 1.29 is 9.53 Å². The van der Waals surface area contributed by atoms with E-state index in [0.717, 1.165) is 37.0 Å². The van der Waals surface area contributed by atoms with Gasteiger partial charge in [-0.2, -0.15) is 0 Å². The van der Waals surface area contributed by atoms with Crippen LogP contribution in [-0.4, -0.2) is 18.1 Å². The van der Waals surface area contributed by atoms with Gasteiger partial charge in [0.25, 0.3) is 0 Å². The topological polar surface area (TPSA) is 52.3 Å². The zero-order chi connectivity index (χ0) is 24.2. The molecule has 7 atom stereocenters. The molecule has 34 heavy (non-hydrogen) atoms. The van der Waals surface area contributed by atoms with E-state index in [1.165, 1.54) is 89.9 Å². The van der Waals surface area contributed by atoms with Crippen molar-refractivity contribution in [2.45, 2.75) is 148 Å². The smallest absolute Gasteiger partial charge is 0.306 e. The quantitative estimate of drug-likeness (QED) is 0.188. The minimum atomic E-state index is 0.0409. The Balaban J connectivity index is 1.20. The first-order chi connectivity index (χ1) is 16.4. The first-order valence-electron chi connectivity index (χ1n) is 15.0. The fourth-order valence-corrected chi connectivity index (χ4v) is 8.59. The summed E-state index contributed by atoms with van der Waals surface area (Å²) in [4.78, 5) is 12.5. The van der Waals surface area contributed by atoms with Gasteiger partial charge in [0, 0.05) is 18.9 Å². The first-order valence-corrected chi connectivity index (χ1v) is 15.0. The third-order valence-corrected chi connectivity index (χ3v) is 10.9. The van der Waals surface area contributed by atoms with E-state index in [9.17, 15) is 4.79 Å². The van der Waals surface area contributed by atoms with Crippen molar-refractivity contribution >= 4 is 5.97 Å². The number of carbonyl (C=O) groups excluding carboxylic acids is 1. The van der Waals surface area contributed by atoms with E-state index in [1.54, 1.807) is 5.57 Å². The third kappa shape index (κ3) is 5.45. The lowest BCUT2D eigenvalue weighted by Gasteiger charge is -2.57. The lowest BCUT2D eigenvalue weighted by molar-refractivity contribution is -0.151. The predicted molar refractivity (Wildman–Crippen MR) is 141 cm³/mol. The maximum atomic E-state index is 12.5. The van der Waals surface area contributed by atoms with Gasteiger partial charge >= 0.3 is 5.97 Å². The minimum Gasteiger partial charge on any atom is -0.462 e. The lowest BCUT2D eigenvalue weighted by atomic mass is 9.48. The number of esters is 1. The van der Waals surface area contributed by atoms with Crippen molar-refractivity contribution in [2.75, 3.05) is 0 Å². The van der Waals surface area contributed by atoms with Gasteiger partial charge in [0.2, 0.25) is 0 Å². The SMILES string of the molecule is CCCCCCCCCCCC(=O)O[C@H]1CC[C@@]2(C)C(=CC[C@H]3[C@@H]4CC[C@H](N)[C@@]4(C)CC[C@@H]32)C1. The maximum Gasteiger partial charge on any atom is 0.306 e. The number of ether oxygens (including phenoxy) is 1. The molecule has 3 fully saturated rings. The number of hydrogen-bond acceptors (Lipinski definition) is 3. The standard InChI is InChI=1S/C31H53NO2/c1-4-5-6-7-8-9-10-11-12-13-29(33)34-24-18-20-30(2)23(22-24)14-15-25-26-16-17-28(32)31(26,3)21-19-27(25)30/h14,24-28H,4-13,15-22,32H2,1-3H3/t24-,25-,26-,27-,28-,30-,31-/m0/s1. The van der Waals surface area contributed by atoms with E-state index in [0.29, 0.717) is 23.3 Å². The number of nitrogens with two attached hydrogens (primary N) is 1. The molecule has 2 N–H and O–H groups in total. The summed E-state index contributed by atoms with van der Waals surface area (Å²) in [6.07, 6.45) is 24.5. The summed E-state index contributed by atoms with van der Waals surface area (Å²) in [7, 11) is 0. The molecule has 0 spiro atoms. The zero-order valence-electron chi connectivity index (χ0n) is 22.6. The highest BCUT2D eigenvalue weighted by atomic mass is 16.5. The Morgan fingerprint density at radius 2 is 1.65 bits per heavy atom. The second kappa shape index (κ2) is 11.5. The molecule has 0 unspecified atom stereocenters. The van der Waals surface area contributed by atoms with Crippen molar-refractivity contribution in [3.63, 3.8) is 0 Å². The van der Waals surface area contributed by atoms with E-state index in [-0.39, 0.29) is 12.1 Å². The second-order valence-electron chi connectivity index (χ2n) is 12.9. The molecule has 0 bridgehead atoms. The van der Waals surface area contributed by atoms with Crippen LogP contribution in [0.4, 0.5) is 0 Å². The molecule has 3 heteroatoms. The van der Waals surface area contributed by atoms with Crippen molar-refractivity contribution in [3.05, 3.63) is 11.6 Å². The normalized spacial score (nSPS) is 39.1. The molecular weight excluding hydrogens is 418 g/mol. The third-order valence-electron chi connectivity index (χ3n) is 10.9. The van der Waals surface area contributed by atoms with E-state index in [4.69, 9.17) is 10.5 Å².